The Hall–Kier alpha value is -1.59. The van der Waals surface area contributed by atoms with E-state index in [1.165, 1.54) is 0 Å². The van der Waals surface area contributed by atoms with Crippen molar-refractivity contribution in [3.8, 4) is 0 Å². The summed E-state index contributed by atoms with van der Waals surface area (Å²) in [6.07, 6.45) is 0.932. The lowest BCUT2D eigenvalue weighted by Crippen LogP contribution is -2.55. The van der Waals surface area contributed by atoms with E-state index in [-0.39, 0.29) is 23.9 Å². The fraction of sp³-hybridized carbons (Fsp3) is 0.556. The summed E-state index contributed by atoms with van der Waals surface area (Å²) in [5, 5.41) is 3.46. The van der Waals surface area contributed by atoms with Gasteiger partial charge < -0.3 is 10.2 Å². The normalized spacial score (nSPS) is 21.8. The molecule has 0 aliphatic carbocycles. The van der Waals surface area contributed by atoms with E-state index >= 15 is 0 Å². The molecular formula is C18H26ClN3O2. The first kappa shape index (κ1) is 18.7. The van der Waals surface area contributed by atoms with E-state index in [9.17, 15) is 9.59 Å². The first-order valence-electron chi connectivity index (χ1n) is 8.36. The lowest BCUT2D eigenvalue weighted by molar-refractivity contribution is -0.125. The third-order valence-electron chi connectivity index (χ3n) is 4.44. The number of rotatable bonds is 5. The van der Waals surface area contributed by atoms with Crippen molar-refractivity contribution < 1.29 is 9.59 Å². The van der Waals surface area contributed by atoms with Crippen LogP contribution in [0.4, 0.5) is 5.69 Å². The van der Waals surface area contributed by atoms with Crippen LogP contribution < -0.4 is 5.32 Å². The Bertz CT molecular complexity index is 594. The number of hydrogen-bond donors (Lipinski definition) is 1. The summed E-state index contributed by atoms with van der Waals surface area (Å²) in [6, 6.07) is 6.06. The first-order chi connectivity index (χ1) is 11.3. The number of carbonyl (C=O) groups is 2. The number of carbonyl (C=O) groups excluding carboxylic acids is 2. The largest absolute Gasteiger partial charge is 0.337 e. The van der Waals surface area contributed by atoms with Crippen LogP contribution in [0.1, 0.15) is 33.3 Å². The zero-order chi connectivity index (χ0) is 17.9. The van der Waals surface area contributed by atoms with Gasteiger partial charge in [-0.05, 0) is 25.5 Å². The molecule has 2 rings (SSSR count). The summed E-state index contributed by atoms with van der Waals surface area (Å²) in [5.74, 6) is -0.140. The molecule has 1 aromatic carbocycles. The summed E-state index contributed by atoms with van der Waals surface area (Å²) >= 11 is 6.50. The average Bonchev–Trinajstić information content (AvgIpc) is 2.50. The molecule has 1 saturated heterocycles. The monoisotopic (exact) mass is 351 g/mol. The Balaban J connectivity index is 2.10. The van der Waals surface area contributed by atoms with Crippen molar-refractivity contribution in [2.75, 3.05) is 18.4 Å². The standard InChI is InChI=1S/C18H26ClN3O2/c1-12(2)18(24)20-16-7-5-6-15(17(16)19)10-21-8-13(3)22(11-23)14(4)9-21/h5-7,11-14H,8-10H2,1-4H3,(H,20,24). The highest BCUT2D eigenvalue weighted by molar-refractivity contribution is 6.34. The number of amides is 2. The van der Waals surface area contributed by atoms with Crippen molar-refractivity contribution in [2.45, 2.75) is 46.3 Å². The number of piperazine rings is 1. The van der Waals surface area contributed by atoms with Crippen molar-refractivity contribution >= 4 is 29.6 Å². The van der Waals surface area contributed by atoms with E-state index in [0.29, 0.717) is 17.3 Å². The number of anilines is 1. The van der Waals surface area contributed by atoms with Crippen LogP contribution in [0.25, 0.3) is 0 Å². The van der Waals surface area contributed by atoms with Crippen molar-refractivity contribution in [1.82, 2.24) is 9.80 Å². The second kappa shape index (κ2) is 7.99. The van der Waals surface area contributed by atoms with Gasteiger partial charge in [0.2, 0.25) is 12.3 Å². The van der Waals surface area contributed by atoms with E-state index in [1.807, 2.05) is 36.9 Å². The molecule has 0 bridgehead atoms. The Kier molecular flexibility index (Phi) is 6.24. The molecule has 1 N–H and O–H groups in total. The number of nitrogens with zero attached hydrogens (tertiary/aromatic N) is 2. The lowest BCUT2D eigenvalue weighted by Gasteiger charge is -2.42. The van der Waals surface area contributed by atoms with E-state index in [0.717, 1.165) is 25.1 Å². The Morgan fingerprint density at radius 1 is 1.33 bits per heavy atom. The van der Waals surface area contributed by atoms with Crippen LogP contribution in [-0.4, -0.2) is 47.3 Å². The summed E-state index contributed by atoms with van der Waals surface area (Å²) in [4.78, 5) is 27.2. The van der Waals surface area contributed by atoms with Gasteiger partial charge in [0.25, 0.3) is 0 Å². The predicted octanol–water partition coefficient (Wildman–Crippen LogP) is 2.99. The molecule has 0 spiro atoms. The Labute approximate surface area is 149 Å². The molecule has 2 atom stereocenters. The number of benzene rings is 1. The molecule has 0 saturated carbocycles. The molecule has 1 aromatic rings. The van der Waals surface area contributed by atoms with Crippen molar-refractivity contribution in [2.24, 2.45) is 5.92 Å². The predicted molar refractivity (Wildman–Crippen MR) is 97.0 cm³/mol. The summed E-state index contributed by atoms with van der Waals surface area (Å²) in [5.41, 5.74) is 1.64. The maximum atomic E-state index is 11.9. The van der Waals surface area contributed by atoms with Gasteiger partial charge in [-0.2, -0.15) is 0 Å². The van der Waals surface area contributed by atoms with E-state index in [4.69, 9.17) is 11.6 Å². The Morgan fingerprint density at radius 2 is 1.96 bits per heavy atom. The average molecular weight is 352 g/mol. The van der Waals surface area contributed by atoms with Crippen LogP contribution in [0.5, 0.6) is 0 Å². The molecule has 1 fully saturated rings. The van der Waals surface area contributed by atoms with Gasteiger partial charge in [-0.1, -0.05) is 37.6 Å². The molecule has 1 aliphatic rings. The van der Waals surface area contributed by atoms with Crippen LogP contribution in [0, 0.1) is 5.92 Å². The van der Waals surface area contributed by atoms with E-state index in [1.54, 1.807) is 0 Å². The third-order valence-corrected chi connectivity index (χ3v) is 4.89. The molecule has 2 amide bonds. The van der Waals surface area contributed by atoms with Gasteiger partial charge in [0.15, 0.2) is 0 Å². The molecule has 2 unspecified atom stereocenters. The molecule has 1 aliphatic heterocycles. The van der Waals surface area contributed by atoms with Crippen LogP contribution in [-0.2, 0) is 16.1 Å². The van der Waals surface area contributed by atoms with Crippen LogP contribution in [0.2, 0.25) is 5.02 Å². The summed E-state index contributed by atoms with van der Waals surface area (Å²) < 4.78 is 0. The molecule has 24 heavy (non-hydrogen) atoms. The SMILES string of the molecule is CC(C)C(=O)Nc1cccc(CN2CC(C)N(C=O)C(C)C2)c1Cl. The minimum absolute atomic E-state index is 0.0455. The molecular weight excluding hydrogens is 326 g/mol. The van der Waals surface area contributed by atoms with Gasteiger partial charge in [0.1, 0.15) is 0 Å². The minimum Gasteiger partial charge on any atom is -0.337 e. The maximum Gasteiger partial charge on any atom is 0.226 e. The zero-order valence-electron chi connectivity index (χ0n) is 14.8. The summed E-state index contributed by atoms with van der Waals surface area (Å²) in [6.45, 7) is 10.1. The minimum atomic E-state index is -0.0946. The van der Waals surface area contributed by atoms with Gasteiger partial charge in [-0.25, -0.2) is 0 Å². The van der Waals surface area contributed by atoms with E-state index < -0.39 is 0 Å². The first-order valence-corrected chi connectivity index (χ1v) is 8.74. The van der Waals surface area contributed by atoms with Gasteiger partial charge in [-0.15, -0.1) is 0 Å². The second-order valence-electron chi connectivity index (χ2n) is 6.87. The van der Waals surface area contributed by atoms with Crippen LogP contribution in [0.15, 0.2) is 18.2 Å². The lowest BCUT2D eigenvalue weighted by atomic mass is 10.1. The molecule has 5 nitrogen and oxygen atoms in total. The molecule has 6 heteroatoms. The van der Waals surface area contributed by atoms with E-state index in [2.05, 4.69) is 24.1 Å². The van der Waals surface area contributed by atoms with Crippen molar-refractivity contribution in [3.63, 3.8) is 0 Å². The summed E-state index contributed by atoms with van der Waals surface area (Å²) in [7, 11) is 0. The molecule has 132 valence electrons. The fourth-order valence-corrected chi connectivity index (χ4v) is 3.33. The fourth-order valence-electron chi connectivity index (χ4n) is 3.10. The Morgan fingerprint density at radius 3 is 2.50 bits per heavy atom. The van der Waals surface area contributed by atoms with Gasteiger partial charge in [-0.3, -0.25) is 14.5 Å². The maximum absolute atomic E-state index is 11.9. The quantitative estimate of drug-likeness (QED) is 0.830. The van der Waals surface area contributed by atoms with Crippen LogP contribution in [0.3, 0.4) is 0 Å². The molecule has 0 aromatic heterocycles. The highest BCUT2D eigenvalue weighted by Crippen LogP contribution is 2.28. The number of hydrogen-bond acceptors (Lipinski definition) is 3. The highest BCUT2D eigenvalue weighted by Gasteiger charge is 2.28. The van der Waals surface area contributed by atoms with Gasteiger partial charge in [0.05, 0.1) is 10.7 Å². The number of nitrogens with one attached hydrogen (secondary N) is 1. The van der Waals surface area contributed by atoms with Gasteiger partial charge in [0, 0.05) is 37.6 Å². The van der Waals surface area contributed by atoms with Crippen molar-refractivity contribution in [3.05, 3.63) is 28.8 Å². The molecule has 0 radical (unpaired) electrons. The van der Waals surface area contributed by atoms with Gasteiger partial charge >= 0.3 is 0 Å². The molecule has 1 heterocycles. The van der Waals surface area contributed by atoms with Crippen molar-refractivity contribution in [1.29, 1.82) is 0 Å². The zero-order valence-corrected chi connectivity index (χ0v) is 15.5. The smallest absolute Gasteiger partial charge is 0.226 e. The highest BCUT2D eigenvalue weighted by atomic mass is 35.5. The third kappa shape index (κ3) is 4.28. The number of halogens is 1. The van der Waals surface area contributed by atoms with Crippen LogP contribution >= 0.6 is 11.6 Å². The topological polar surface area (TPSA) is 52.7 Å². The second-order valence-corrected chi connectivity index (χ2v) is 7.25.